The maximum atomic E-state index is 12.6. The molecule has 0 aromatic carbocycles. The predicted octanol–water partition coefficient (Wildman–Crippen LogP) is 3.37. The van der Waals surface area contributed by atoms with Crippen LogP contribution in [0.1, 0.15) is 45.1 Å². The van der Waals surface area contributed by atoms with Crippen LogP contribution < -0.4 is 11.3 Å². The van der Waals surface area contributed by atoms with Crippen molar-refractivity contribution in [1.82, 2.24) is 4.40 Å². The molecule has 0 unspecified atom stereocenters. The van der Waals surface area contributed by atoms with E-state index >= 15 is 0 Å². The van der Waals surface area contributed by atoms with E-state index in [1.807, 2.05) is 25.1 Å². The SMILES string of the molecule is Cc1c(-c2ccc(CN)s2)ccn2c(=O)c(C(=O)O)cc(C3CC3)c12. The lowest BCUT2D eigenvalue weighted by molar-refractivity contribution is 0.0694. The summed E-state index contributed by atoms with van der Waals surface area (Å²) in [6.07, 6.45) is 3.76. The number of fused-ring (bicyclic) bond motifs is 1. The lowest BCUT2D eigenvalue weighted by atomic mass is 10.00. The Kier molecular flexibility index (Phi) is 3.74. The zero-order chi connectivity index (χ0) is 17.7. The van der Waals surface area contributed by atoms with Crippen molar-refractivity contribution in [1.29, 1.82) is 0 Å². The first kappa shape index (κ1) is 16.1. The van der Waals surface area contributed by atoms with Crippen molar-refractivity contribution in [3.8, 4) is 10.4 Å². The average Bonchev–Trinajstić information content (AvgIpc) is 3.32. The molecule has 128 valence electrons. The minimum Gasteiger partial charge on any atom is -0.477 e. The number of aromatic carboxylic acids is 1. The van der Waals surface area contributed by atoms with Crippen molar-refractivity contribution in [2.24, 2.45) is 5.73 Å². The fraction of sp³-hybridized carbons (Fsp3) is 0.263. The molecule has 3 aromatic heterocycles. The van der Waals surface area contributed by atoms with Crippen molar-refractivity contribution in [3.63, 3.8) is 0 Å². The van der Waals surface area contributed by atoms with E-state index in [0.717, 1.165) is 44.8 Å². The second-order valence-electron chi connectivity index (χ2n) is 6.44. The van der Waals surface area contributed by atoms with Crippen molar-refractivity contribution >= 4 is 22.8 Å². The number of aromatic nitrogens is 1. The largest absolute Gasteiger partial charge is 0.477 e. The Morgan fingerprint density at radius 2 is 2.12 bits per heavy atom. The summed E-state index contributed by atoms with van der Waals surface area (Å²) >= 11 is 1.64. The van der Waals surface area contributed by atoms with E-state index in [1.54, 1.807) is 23.6 Å². The summed E-state index contributed by atoms with van der Waals surface area (Å²) in [5.41, 5.74) is 8.96. The first-order valence-corrected chi connectivity index (χ1v) is 9.04. The summed E-state index contributed by atoms with van der Waals surface area (Å²) in [5.74, 6) is -0.834. The highest BCUT2D eigenvalue weighted by molar-refractivity contribution is 7.15. The van der Waals surface area contributed by atoms with E-state index < -0.39 is 11.5 Å². The van der Waals surface area contributed by atoms with Gasteiger partial charge in [-0.05, 0) is 66.6 Å². The number of thiophene rings is 1. The van der Waals surface area contributed by atoms with Gasteiger partial charge >= 0.3 is 5.97 Å². The molecule has 5 nitrogen and oxygen atoms in total. The Morgan fingerprint density at radius 1 is 1.36 bits per heavy atom. The average molecular weight is 354 g/mol. The van der Waals surface area contributed by atoms with Crippen LogP contribution in [-0.2, 0) is 6.54 Å². The van der Waals surface area contributed by atoms with Gasteiger partial charge in [-0.3, -0.25) is 9.20 Å². The molecule has 1 fully saturated rings. The molecule has 4 rings (SSSR count). The third-order valence-corrected chi connectivity index (χ3v) is 5.93. The van der Waals surface area contributed by atoms with E-state index in [4.69, 9.17) is 5.73 Å². The van der Waals surface area contributed by atoms with Crippen LogP contribution in [0.4, 0.5) is 0 Å². The summed E-state index contributed by atoms with van der Waals surface area (Å²) in [5, 5.41) is 9.36. The molecule has 0 aliphatic heterocycles. The summed E-state index contributed by atoms with van der Waals surface area (Å²) in [7, 11) is 0. The van der Waals surface area contributed by atoms with Gasteiger partial charge in [-0.25, -0.2) is 4.79 Å². The Bertz CT molecular complexity index is 1060. The van der Waals surface area contributed by atoms with E-state index in [9.17, 15) is 14.7 Å². The summed E-state index contributed by atoms with van der Waals surface area (Å²) < 4.78 is 1.49. The highest BCUT2D eigenvalue weighted by atomic mass is 32.1. The van der Waals surface area contributed by atoms with Crippen molar-refractivity contribution in [3.05, 3.63) is 62.4 Å². The van der Waals surface area contributed by atoms with Crippen LogP contribution in [0.3, 0.4) is 0 Å². The van der Waals surface area contributed by atoms with Crippen LogP contribution in [0.2, 0.25) is 0 Å². The van der Waals surface area contributed by atoms with Crippen LogP contribution >= 0.6 is 11.3 Å². The van der Waals surface area contributed by atoms with Gasteiger partial charge in [0.15, 0.2) is 0 Å². The van der Waals surface area contributed by atoms with E-state index in [-0.39, 0.29) is 5.56 Å². The Morgan fingerprint density at radius 3 is 2.72 bits per heavy atom. The number of nitrogens with zero attached hydrogens (tertiary/aromatic N) is 1. The number of hydrogen-bond donors (Lipinski definition) is 2. The molecular formula is C19H18N2O3S. The summed E-state index contributed by atoms with van der Waals surface area (Å²) in [6, 6.07) is 7.53. The third kappa shape index (κ3) is 2.58. The van der Waals surface area contributed by atoms with Gasteiger partial charge in [0.25, 0.3) is 5.56 Å². The number of pyridine rings is 2. The van der Waals surface area contributed by atoms with Gasteiger partial charge in [0.2, 0.25) is 0 Å². The monoisotopic (exact) mass is 354 g/mol. The Labute approximate surface area is 148 Å². The molecule has 0 amide bonds. The molecular weight excluding hydrogens is 336 g/mol. The van der Waals surface area contributed by atoms with Gasteiger partial charge in [-0.1, -0.05) is 0 Å². The molecule has 1 aliphatic carbocycles. The van der Waals surface area contributed by atoms with Crippen LogP contribution in [0.15, 0.2) is 35.3 Å². The molecule has 0 atom stereocenters. The Hall–Kier alpha value is -2.44. The van der Waals surface area contributed by atoms with E-state index in [1.165, 1.54) is 4.40 Å². The molecule has 6 heteroatoms. The number of aryl methyl sites for hydroxylation is 1. The van der Waals surface area contributed by atoms with Crippen LogP contribution in [0.25, 0.3) is 16.0 Å². The van der Waals surface area contributed by atoms with Gasteiger partial charge in [-0.15, -0.1) is 11.3 Å². The van der Waals surface area contributed by atoms with Gasteiger partial charge in [0, 0.05) is 22.5 Å². The highest BCUT2D eigenvalue weighted by Gasteiger charge is 2.29. The minimum atomic E-state index is -1.17. The van der Waals surface area contributed by atoms with Gasteiger partial charge in [-0.2, -0.15) is 0 Å². The smallest absolute Gasteiger partial charge is 0.341 e. The Balaban J connectivity index is 2.03. The molecule has 3 aromatic rings. The molecule has 3 N–H and O–H groups in total. The minimum absolute atomic E-state index is 0.159. The van der Waals surface area contributed by atoms with Crippen molar-refractivity contribution in [2.75, 3.05) is 0 Å². The lowest BCUT2D eigenvalue weighted by Gasteiger charge is -2.14. The second kappa shape index (κ2) is 5.82. The molecule has 1 aliphatic rings. The number of hydrogen-bond acceptors (Lipinski definition) is 4. The number of carboxylic acid groups (broad SMARTS) is 1. The van der Waals surface area contributed by atoms with Gasteiger partial charge in [0.05, 0.1) is 5.52 Å². The maximum absolute atomic E-state index is 12.6. The first-order chi connectivity index (χ1) is 12.0. The van der Waals surface area contributed by atoms with Crippen molar-refractivity contribution < 1.29 is 9.90 Å². The summed E-state index contributed by atoms with van der Waals surface area (Å²) in [4.78, 5) is 26.2. The molecule has 25 heavy (non-hydrogen) atoms. The van der Waals surface area contributed by atoms with Crippen molar-refractivity contribution in [2.45, 2.75) is 32.2 Å². The number of carboxylic acids is 1. The molecule has 0 spiro atoms. The standard InChI is InChI=1S/C19H18N2O3S/c1-10-13(16-5-4-12(9-20)25-16)6-7-21-17(10)14(11-2-3-11)8-15(18(21)22)19(23)24/h4-8,11H,2-3,9,20H2,1H3,(H,23,24). The fourth-order valence-electron chi connectivity index (χ4n) is 3.36. The first-order valence-electron chi connectivity index (χ1n) is 8.22. The molecule has 1 saturated carbocycles. The topological polar surface area (TPSA) is 84.8 Å². The quantitative estimate of drug-likeness (QED) is 0.752. The summed E-state index contributed by atoms with van der Waals surface area (Å²) in [6.45, 7) is 2.50. The number of carbonyl (C=O) groups is 1. The number of nitrogens with two attached hydrogens (primary N) is 1. The van der Waals surface area contributed by atoms with Crippen LogP contribution in [0.5, 0.6) is 0 Å². The normalized spacial score (nSPS) is 14.2. The molecule has 0 saturated heterocycles. The highest BCUT2D eigenvalue weighted by Crippen LogP contribution is 2.43. The lowest BCUT2D eigenvalue weighted by Crippen LogP contribution is -2.23. The van der Waals surface area contributed by atoms with Gasteiger partial charge in [0.1, 0.15) is 5.56 Å². The molecule has 3 heterocycles. The van der Waals surface area contributed by atoms with Crippen LogP contribution in [-0.4, -0.2) is 15.5 Å². The van der Waals surface area contributed by atoms with E-state index in [2.05, 4.69) is 0 Å². The fourth-order valence-corrected chi connectivity index (χ4v) is 4.32. The third-order valence-electron chi connectivity index (χ3n) is 4.79. The second-order valence-corrected chi connectivity index (χ2v) is 7.61. The number of rotatable bonds is 4. The molecule has 0 bridgehead atoms. The maximum Gasteiger partial charge on any atom is 0.341 e. The van der Waals surface area contributed by atoms with E-state index in [0.29, 0.717) is 12.5 Å². The van der Waals surface area contributed by atoms with Crippen LogP contribution in [0, 0.1) is 6.92 Å². The molecule has 0 radical (unpaired) electrons. The zero-order valence-electron chi connectivity index (χ0n) is 13.8. The van der Waals surface area contributed by atoms with Gasteiger partial charge < -0.3 is 10.8 Å². The predicted molar refractivity (Wildman–Crippen MR) is 98.5 cm³/mol. The zero-order valence-corrected chi connectivity index (χ0v) is 14.6.